The van der Waals surface area contributed by atoms with Crippen LogP contribution in [-0.2, 0) is 4.79 Å². The van der Waals surface area contributed by atoms with Crippen molar-refractivity contribution in [3.05, 3.63) is 47.7 Å². The monoisotopic (exact) mass is 341 g/mol. The highest BCUT2D eigenvalue weighted by Crippen LogP contribution is 2.35. The van der Waals surface area contributed by atoms with E-state index >= 15 is 0 Å². The number of aromatic nitrogens is 2. The predicted octanol–water partition coefficient (Wildman–Crippen LogP) is 3.44. The summed E-state index contributed by atoms with van der Waals surface area (Å²) in [5.41, 5.74) is 0.814. The number of carbonyl (C=O) groups is 1. The first-order valence-electron chi connectivity index (χ1n) is 8.66. The number of benzene rings is 1. The molecule has 6 heteroatoms. The van der Waals surface area contributed by atoms with E-state index in [1.165, 1.54) is 12.1 Å². The molecular weight excluding hydrogens is 321 g/mol. The van der Waals surface area contributed by atoms with Crippen LogP contribution in [0.4, 0.5) is 4.39 Å². The Morgan fingerprint density at radius 3 is 2.68 bits per heavy atom. The van der Waals surface area contributed by atoms with Gasteiger partial charge in [-0.3, -0.25) is 4.79 Å². The van der Waals surface area contributed by atoms with Gasteiger partial charge < -0.3 is 9.64 Å². The van der Waals surface area contributed by atoms with Crippen molar-refractivity contribution in [3.63, 3.8) is 0 Å². The molecule has 1 saturated heterocycles. The molecule has 1 saturated carbocycles. The summed E-state index contributed by atoms with van der Waals surface area (Å²) in [7, 11) is 0. The van der Waals surface area contributed by atoms with E-state index in [1.54, 1.807) is 18.2 Å². The highest BCUT2D eigenvalue weighted by atomic mass is 19.1. The second kappa shape index (κ2) is 6.43. The van der Waals surface area contributed by atoms with Crippen molar-refractivity contribution in [3.8, 4) is 11.6 Å². The summed E-state index contributed by atoms with van der Waals surface area (Å²) in [5.74, 6) is 2.04. The van der Waals surface area contributed by atoms with Crippen LogP contribution in [0.1, 0.15) is 36.7 Å². The topological polar surface area (TPSA) is 55.3 Å². The summed E-state index contributed by atoms with van der Waals surface area (Å²) in [4.78, 5) is 23.2. The fourth-order valence-electron chi connectivity index (χ4n) is 3.18. The third kappa shape index (κ3) is 3.62. The number of hydrogen-bond acceptors (Lipinski definition) is 4. The van der Waals surface area contributed by atoms with Crippen LogP contribution in [0.25, 0.3) is 0 Å². The van der Waals surface area contributed by atoms with Gasteiger partial charge in [0.2, 0.25) is 11.8 Å². The SMILES string of the molecule is Cc1cc(Oc2ccc(F)cc2)nc(C2CCN(C(=O)C3CC3)C2)n1. The molecule has 5 nitrogen and oxygen atoms in total. The lowest BCUT2D eigenvalue weighted by Crippen LogP contribution is -2.29. The molecule has 130 valence electrons. The lowest BCUT2D eigenvalue weighted by molar-refractivity contribution is -0.131. The second-order valence-corrected chi connectivity index (χ2v) is 6.81. The van der Waals surface area contributed by atoms with Crippen molar-refractivity contribution in [2.75, 3.05) is 13.1 Å². The molecule has 1 aliphatic heterocycles. The first-order chi connectivity index (χ1) is 12.1. The molecule has 2 heterocycles. The summed E-state index contributed by atoms with van der Waals surface area (Å²) in [5, 5.41) is 0. The van der Waals surface area contributed by atoms with E-state index in [0.717, 1.165) is 31.5 Å². The number of likely N-dealkylation sites (tertiary alicyclic amines) is 1. The summed E-state index contributed by atoms with van der Waals surface area (Å²) in [6, 6.07) is 7.59. The molecule has 1 unspecified atom stereocenters. The molecule has 1 aromatic heterocycles. The molecule has 4 rings (SSSR count). The van der Waals surface area contributed by atoms with Crippen molar-refractivity contribution in [1.82, 2.24) is 14.9 Å². The Morgan fingerprint density at radius 2 is 1.96 bits per heavy atom. The Hall–Kier alpha value is -2.50. The standard InChI is InChI=1S/C19H20FN3O2/c1-12-10-17(25-16-6-4-15(20)5-7-16)22-18(21-12)14-8-9-23(11-14)19(24)13-2-3-13/h4-7,10,13-14H,2-3,8-9,11H2,1H3. The molecule has 0 N–H and O–H groups in total. The fourth-order valence-corrected chi connectivity index (χ4v) is 3.18. The van der Waals surface area contributed by atoms with Gasteiger partial charge in [-0.25, -0.2) is 9.37 Å². The van der Waals surface area contributed by atoms with Crippen LogP contribution in [0.5, 0.6) is 11.6 Å². The average molecular weight is 341 g/mol. The quantitative estimate of drug-likeness (QED) is 0.855. The number of amides is 1. The number of halogens is 1. The van der Waals surface area contributed by atoms with Crippen LogP contribution in [0, 0.1) is 18.7 Å². The third-order valence-electron chi connectivity index (χ3n) is 4.68. The van der Waals surface area contributed by atoms with Gasteiger partial charge >= 0.3 is 0 Å². The first-order valence-corrected chi connectivity index (χ1v) is 8.66. The van der Waals surface area contributed by atoms with E-state index in [-0.39, 0.29) is 23.6 Å². The summed E-state index contributed by atoms with van der Waals surface area (Å²) in [6.07, 6.45) is 2.92. The zero-order valence-corrected chi connectivity index (χ0v) is 14.1. The maximum Gasteiger partial charge on any atom is 0.225 e. The summed E-state index contributed by atoms with van der Waals surface area (Å²) in [6.45, 7) is 3.34. The number of ether oxygens (including phenoxy) is 1. The van der Waals surface area contributed by atoms with Crippen LogP contribution in [-0.4, -0.2) is 33.9 Å². The van der Waals surface area contributed by atoms with Crippen molar-refractivity contribution < 1.29 is 13.9 Å². The van der Waals surface area contributed by atoms with E-state index in [2.05, 4.69) is 9.97 Å². The van der Waals surface area contributed by atoms with Crippen LogP contribution in [0.3, 0.4) is 0 Å². The molecular formula is C19H20FN3O2. The van der Waals surface area contributed by atoms with Gasteiger partial charge in [0.05, 0.1) is 0 Å². The Morgan fingerprint density at radius 1 is 1.20 bits per heavy atom. The van der Waals surface area contributed by atoms with Crippen LogP contribution >= 0.6 is 0 Å². The molecule has 2 aromatic rings. The number of hydrogen-bond donors (Lipinski definition) is 0. The van der Waals surface area contributed by atoms with Gasteiger partial charge in [-0.1, -0.05) is 0 Å². The number of aryl methyl sites for hydroxylation is 1. The highest BCUT2D eigenvalue weighted by Gasteiger charge is 2.37. The van der Waals surface area contributed by atoms with E-state index in [9.17, 15) is 9.18 Å². The van der Waals surface area contributed by atoms with Crippen molar-refractivity contribution in [2.45, 2.75) is 32.1 Å². The maximum absolute atomic E-state index is 13.0. The van der Waals surface area contributed by atoms with E-state index in [1.807, 2.05) is 11.8 Å². The van der Waals surface area contributed by atoms with Gasteiger partial charge in [0.15, 0.2) is 0 Å². The third-order valence-corrected chi connectivity index (χ3v) is 4.68. The van der Waals surface area contributed by atoms with Gasteiger partial charge in [-0.2, -0.15) is 4.98 Å². The van der Waals surface area contributed by atoms with Crippen LogP contribution in [0.2, 0.25) is 0 Å². The molecule has 1 aromatic carbocycles. The minimum atomic E-state index is -0.307. The smallest absolute Gasteiger partial charge is 0.225 e. The van der Waals surface area contributed by atoms with Crippen molar-refractivity contribution in [1.29, 1.82) is 0 Å². The van der Waals surface area contributed by atoms with Gasteiger partial charge in [0, 0.05) is 36.7 Å². The maximum atomic E-state index is 13.0. The van der Waals surface area contributed by atoms with Gasteiger partial charge in [-0.05, 0) is 50.5 Å². The summed E-state index contributed by atoms with van der Waals surface area (Å²) >= 11 is 0. The lowest BCUT2D eigenvalue weighted by Gasteiger charge is -2.16. The number of carbonyl (C=O) groups excluding carboxylic acids is 1. The lowest BCUT2D eigenvalue weighted by atomic mass is 10.1. The Balaban J connectivity index is 1.49. The number of nitrogens with zero attached hydrogens (tertiary/aromatic N) is 3. The van der Waals surface area contributed by atoms with Gasteiger partial charge in [0.1, 0.15) is 17.4 Å². The zero-order chi connectivity index (χ0) is 17.4. The van der Waals surface area contributed by atoms with E-state index < -0.39 is 0 Å². The largest absolute Gasteiger partial charge is 0.439 e. The molecule has 1 atom stereocenters. The van der Waals surface area contributed by atoms with E-state index in [4.69, 9.17) is 4.74 Å². The summed E-state index contributed by atoms with van der Waals surface area (Å²) < 4.78 is 18.7. The normalized spacial score (nSPS) is 19.9. The van der Waals surface area contributed by atoms with E-state index in [0.29, 0.717) is 24.0 Å². The highest BCUT2D eigenvalue weighted by molar-refractivity contribution is 5.81. The minimum Gasteiger partial charge on any atom is -0.439 e. The Labute approximate surface area is 145 Å². The predicted molar refractivity (Wildman–Crippen MR) is 89.9 cm³/mol. The Bertz CT molecular complexity index is 790. The minimum absolute atomic E-state index is 0.137. The average Bonchev–Trinajstić information content (AvgIpc) is 3.32. The molecule has 2 aliphatic rings. The molecule has 0 spiro atoms. The second-order valence-electron chi connectivity index (χ2n) is 6.81. The van der Waals surface area contributed by atoms with Gasteiger partial charge in [-0.15, -0.1) is 0 Å². The zero-order valence-electron chi connectivity index (χ0n) is 14.1. The molecule has 0 radical (unpaired) electrons. The molecule has 1 aliphatic carbocycles. The van der Waals surface area contributed by atoms with Crippen LogP contribution in [0.15, 0.2) is 30.3 Å². The van der Waals surface area contributed by atoms with Crippen molar-refractivity contribution in [2.24, 2.45) is 5.92 Å². The van der Waals surface area contributed by atoms with Crippen molar-refractivity contribution >= 4 is 5.91 Å². The van der Waals surface area contributed by atoms with Crippen LogP contribution < -0.4 is 4.74 Å². The molecule has 25 heavy (non-hydrogen) atoms. The van der Waals surface area contributed by atoms with Gasteiger partial charge in [0.25, 0.3) is 0 Å². The first kappa shape index (κ1) is 16.0. The molecule has 2 fully saturated rings. The molecule has 1 amide bonds. The Kier molecular flexibility index (Phi) is 4.11. The fraction of sp³-hybridized carbons (Fsp3) is 0.421. The number of rotatable bonds is 4. The molecule has 0 bridgehead atoms.